The lowest BCUT2D eigenvalue weighted by atomic mass is 9.78. The Morgan fingerprint density at radius 2 is 1.97 bits per heavy atom. The smallest absolute Gasteiger partial charge is 0.319 e. The van der Waals surface area contributed by atoms with Crippen LogP contribution in [0.15, 0.2) is 57.5 Å². The van der Waals surface area contributed by atoms with Crippen molar-refractivity contribution in [2.75, 3.05) is 14.2 Å². The van der Waals surface area contributed by atoms with E-state index in [-0.39, 0.29) is 11.3 Å². The first-order chi connectivity index (χ1) is 15.8. The van der Waals surface area contributed by atoms with Gasteiger partial charge in [0.05, 0.1) is 40.3 Å². The van der Waals surface area contributed by atoms with Crippen LogP contribution >= 0.6 is 27.7 Å². The van der Waals surface area contributed by atoms with Crippen molar-refractivity contribution in [3.05, 3.63) is 78.8 Å². The molecule has 0 aromatic heterocycles. The third-order valence-corrected chi connectivity index (χ3v) is 6.76. The zero-order chi connectivity index (χ0) is 24.1. The molecule has 0 fully saturated rings. The second kappa shape index (κ2) is 10.5. The molecule has 0 saturated carbocycles. The molecule has 1 N–H and O–H groups in total. The first-order valence-electron chi connectivity index (χ1n) is 9.53. The van der Waals surface area contributed by atoms with Crippen molar-refractivity contribution in [2.45, 2.75) is 11.7 Å². The summed E-state index contributed by atoms with van der Waals surface area (Å²) < 4.78 is 10.7. The molecule has 3 rings (SSSR count). The molecule has 0 aliphatic carbocycles. The molecular weight excluding hydrogens is 514 g/mol. The minimum Gasteiger partial charge on any atom is -0.496 e. The fraction of sp³-hybridized carbons (Fsp3) is 0.227. The van der Waals surface area contributed by atoms with Crippen LogP contribution in [0, 0.1) is 27.4 Å². The second-order valence-corrected chi connectivity index (χ2v) is 8.77. The first kappa shape index (κ1) is 24.3. The molecule has 11 heteroatoms. The van der Waals surface area contributed by atoms with E-state index >= 15 is 0 Å². The van der Waals surface area contributed by atoms with E-state index in [1.165, 1.54) is 38.1 Å². The van der Waals surface area contributed by atoms with E-state index < -0.39 is 28.6 Å². The summed E-state index contributed by atoms with van der Waals surface area (Å²) in [7, 11) is 2.70. The maximum Gasteiger partial charge on any atom is 0.319 e. The molecule has 0 unspecified atom stereocenters. The summed E-state index contributed by atoms with van der Waals surface area (Å²) in [5, 5.41) is 23.8. The van der Waals surface area contributed by atoms with Crippen molar-refractivity contribution in [1.29, 1.82) is 5.26 Å². The third kappa shape index (κ3) is 5.18. The van der Waals surface area contributed by atoms with E-state index in [0.29, 0.717) is 26.6 Å². The van der Waals surface area contributed by atoms with Gasteiger partial charge in [0.25, 0.3) is 5.69 Å². The van der Waals surface area contributed by atoms with Gasteiger partial charge < -0.3 is 14.8 Å². The second-order valence-electron chi connectivity index (χ2n) is 6.93. The minimum absolute atomic E-state index is 0.0299. The molecule has 0 radical (unpaired) electrons. The number of nitro groups is 1. The zero-order valence-corrected chi connectivity index (χ0v) is 19.9. The summed E-state index contributed by atoms with van der Waals surface area (Å²) in [6.07, 6.45) is 0. The zero-order valence-electron chi connectivity index (χ0n) is 17.5. The van der Waals surface area contributed by atoms with Gasteiger partial charge in [0, 0.05) is 23.8 Å². The van der Waals surface area contributed by atoms with Crippen molar-refractivity contribution in [3.8, 4) is 11.8 Å². The van der Waals surface area contributed by atoms with Gasteiger partial charge in [0.15, 0.2) is 0 Å². The Bertz CT molecular complexity index is 1180. The molecule has 2 aromatic carbocycles. The average molecular weight is 532 g/mol. The molecule has 0 spiro atoms. The van der Waals surface area contributed by atoms with Gasteiger partial charge in [-0.1, -0.05) is 18.2 Å². The number of nitrogens with one attached hydrogen (secondary N) is 1. The van der Waals surface area contributed by atoms with Gasteiger partial charge in [0.2, 0.25) is 5.91 Å². The number of nitro benzene ring substituents is 1. The highest BCUT2D eigenvalue weighted by Crippen LogP contribution is 2.42. The van der Waals surface area contributed by atoms with E-state index in [9.17, 15) is 25.0 Å². The Morgan fingerprint density at radius 1 is 1.27 bits per heavy atom. The average Bonchev–Trinajstić information content (AvgIpc) is 2.81. The van der Waals surface area contributed by atoms with Gasteiger partial charge in [-0.3, -0.25) is 19.7 Å². The van der Waals surface area contributed by atoms with Gasteiger partial charge in [0.1, 0.15) is 11.7 Å². The topological polar surface area (TPSA) is 132 Å². The lowest BCUT2D eigenvalue weighted by Crippen LogP contribution is -2.44. The van der Waals surface area contributed by atoms with E-state index in [4.69, 9.17) is 9.47 Å². The van der Waals surface area contributed by atoms with Gasteiger partial charge in [-0.05, 0) is 39.2 Å². The maximum absolute atomic E-state index is 12.9. The quantitative estimate of drug-likeness (QED) is 0.245. The summed E-state index contributed by atoms with van der Waals surface area (Å²) in [5.74, 6) is -2.53. The molecular formula is C22H18BrN3O6S. The fourth-order valence-corrected chi connectivity index (χ4v) is 4.99. The fourth-order valence-electron chi connectivity index (χ4n) is 3.43. The largest absolute Gasteiger partial charge is 0.496 e. The first-order valence-corrected chi connectivity index (χ1v) is 11.3. The van der Waals surface area contributed by atoms with Crippen molar-refractivity contribution in [3.63, 3.8) is 0 Å². The SMILES string of the molecule is COC(=O)[C@H]1C(=O)NC(SCc2ccc([N+](=O)[O-])cc2)=C(C#N)[C@@H]1c1ccc(OC)c(Br)c1. The van der Waals surface area contributed by atoms with Gasteiger partial charge in [-0.15, -0.1) is 11.8 Å². The van der Waals surface area contributed by atoms with Crippen LogP contribution in [0.5, 0.6) is 5.75 Å². The number of benzene rings is 2. The molecule has 9 nitrogen and oxygen atoms in total. The number of hydrogen-bond donors (Lipinski definition) is 1. The highest BCUT2D eigenvalue weighted by Gasteiger charge is 2.44. The van der Waals surface area contributed by atoms with Gasteiger partial charge in [-0.2, -0.15) is 5.26 Å². The monoisotopic (exact) mass is 531 g/mol. The Labute approximate surface area is 202 Å². The number of amides is 1. The number of carbonyl (C=O) groups excluding carboxylic acids is 2. The number of hydrogen-bond acceptors (Lipinski definition) is 8. The molecule has 33 heavy (non-hydrogen) atoms. The summed E-state index contributed by atoms with van der Waals surface area (Å²) in [6, 6.07) is 13.2. The lowest BCUT2D eigenvalue weighted by molar-refractivity contribution is -0.384. The molecule has 170 valence electrons. The summed E-state index contributed by atoms with van der Waals surface area (Å²) >= 11 is 4.60. The highest BCUT2D eigenvalue weighted by molar-refractivity contribution is 9.10. The number of methoxy groups -OCH3 is 2. The predicted octanol–water partition coefficient (Wildman–Crippen LogP) is 4.04. The van der Waals surface area contributed by atoms with Crippen LogP contribution in [0.3, 0.4) is 0 Å². The highest BCUT2D eigenvalue weighted by atomic mass is 79.9. The molecule has 0 bridgehead atoms. The van der Waals surface area contributed by atoms with Gasteiger partial charge >= 0.3 is 5.97 Å². The number of thioether (sulfide) groups is 1. The summed E-state index contributed by atoms with van der Waals surface area (Å²) in [6.45, 7) is 0. The standard InChI is InChI=1S/C22H18BrN3O6S/c1-31-17-8-5-13(9-16(17)23)18-15(10-24)21(25-20(27)19(18)22(28)32-2)33-11-12-3-6-14(7-4-12)26(29)30/h3-9,18-19H,11H2,1-2H3,(H,25,27)/t18-,19+/m0/s1. The number of rotatable bonds is 7. The number of halogens is 1. The van der Waals surface area contributed by atoms with Crippen LogP contribution in [0.2, 0.25) is 0 Å². The minimum atomic E-state index is -1.24. The summed E-state index contributed by atoms with van der Waals surface area (Å²) in [4.78, 5) is 35.8. The molecule has 2 atom stereocenters. The van der Waals surface area contributed by atoms with Gasteiger partial charge in [-0.25, -0.2) is 0 Å². The van der Waals surface area contributed by atoms with Crippen molar-refractivity contribution in [2.24, 2.45) is 5.92 Å². The predicted molar refractivity (Wildman–Crippen MR) is 124 cm³/mol. The Hall–Kier alpha value is -3.36. The molecule has 1 aliphatic rings. The number of esters is 1. The number of allylic oxidation sites excluding steroid dienone is 1. The number of nitrogens with zero attached hydrogens (tertiary/aromatic N) is 2. The van der Waals surface area contributed by atoms with E-state index in [1.807, 2.05) is 0 Å². The van der Waals surface area contributed by atoms with E-state index in [1.54, 1.807) is 30.3 Å². The molecule has 2 aromatic rings. The lowest BCUT2D eigenvalue weighted by Gasteiger charge is -2.31. The number of nitriles is 1. The Morgan fingerprint density at radius 3 is 2.52 bits per heavy atom. The molecule has 0 saturated heterocycles. The van der Waals surface area contributed by atoms with E-state index in [2.05, 4.69) is 27.3 Å². The third-order valence-electron chi connectivity index (χ3n) is 5.05. The van der Waals surface area contributed by atoms with Crippen LogP contribution in [0.25, 0.3) is 0 Å². The molecule has 1 heterocycles. The molecule has 1 aliphatic heterocycles. The van der Waals surface area contributed by atoms with Crippen molar-refractivity contribution in [1.82, 2.24) is 5.32 Å². The van der Waals surface area contributed by atoms with Crippen molar-refractivity contribution >= 4 is 45.3 Å². The maximum atomic E-state index is 12.9. The van der Waals surface area contributed by atoms with Crippen LogP contribution in [0.1, 0.15) is 17.0 Å². The Balaban J connectivity index is 2.00. The van der Waals surface area contributed by atoms with E-state index in [0.717, 1.165) is 5.56 Å². The van der Waals surface area contributed by atoms with Crippen LogP contribution in [-0.4, -0.2) is 31.0 Å². The Kier molecular flexibility index (Phi) is 7.73. The van der Waals surface area contributed by atoms with Crippen LogP contribution < -0.4 is 10.1 Å². The number of non-ortho nitro benzene ring substituents is 1. The normalized spacial score (nSPS) is 17.7. The number of carbonyl (C=O) groups is 2. The van der Waals surface area contributed by atoms with Crippen LogP contribution in [-0.2, 0) is 20.1 Å². The van der Waals surface area contributed by atoms with Crippen LogP contribution in [0.4, 0.5) is 5.69 Å². The summed E-state index contributed by atoms with van der Waals surface area (Å²) in [5.41, 5.74) is 1.52. The molecule has 1 amide bonds. The van der Waals surface area contributed by atoms with Crippen molar-refractivity contribution < 1.29 is 24.0 Å². The number of ether oxygens (including phenoxy) is 2.